The molecule has 2 heterocycles. The average molecular weight is 403 g/mol. The van der Waals surface area contributed by atoms with Crippen LogP contribution in [-0.4, -0.2) is 18.2 Å². The molecule has 1 aliphatic rings. The molecular weight excluding hydrogens is 376 g/mol. The number of aliphatic imine (C=N–C) groups is 1. The lowest BCUT2D eigenvalue weighted by molar-refractivity contribution is -0.114. The van der Waals surface area contributed by atoms with Gasteiger partial charge in [0, 0.05) is 16.0 Å². The molecule has 0 atom stereocenters. The van der Waals surface area contributed by atoms with Crippen molar-refractivity contribution in [3.05, 3.63) is 87.8 Å². The number of hydrogen-bond donors (Lipinski definition) is 1. The van der Waals surface area contributed by atoms with Crippen LogP contribution < -0.4 is 5.32 Å². The second-order valence-corrected chi connectivity index (χ2v) is 9.09. The van der Waals surface area contributed by atoms with Crippen molar-refractivity contribution in [3.8, 4) is 0 Å². The summed E-state index contributed by atoms with van der Waals surface area (Å²) in [5.41, 5.74) is 5.74. The van der Waals surface area contributed by atoms with Gasteiger partial charge in [-0.3, -0.25) is 9.79 Å². The zero-order valence-electron chi connectivity index (χ0n) is 16.9. The van der Waals surface area contributed by atoms with Crippen LogP contribution in [0.4, 0.5) is 5.00 Å². The molecule has 4 heteroatoms. The zero-order chi connectivity index (χ0) is 20.2. The second kappa shape index (κ2) is 8.75. The van der Waals surface area contributed by atoms with E-state index < -0.39 is 0 Å². The summed E-state index contributed by atoms with van der Waals surface area (Å²) >= 11 is 1.67. The van der Waals surface area contributed by atoms with E-state index in [0.717, 1.165) is 41.1 Å². The fourth-order valence-electron chi connectivity index (χ4n) is 3.66. The lowest BCUT2D eigenvalue weighted by Crippen LogP contribution is -2.12. The molecule has 0 bridgehead atoms. The van der Waals surface area contributed by atoms with Gasteiger partial charge in [0.2, 0.25) is 5.91 Å². The molecule has 29 heavy (non-hydrogen) atoms. The summed E-state index contributed by atoms with van der Waals surface area (Å²) in [6.07, 6.45) is 3.07. The first-order chi connectivity index (χ1) is 14.1. The minimum atomic E-state index is -0.0497. The van der Waals surface area contributed by atoms with E-state index in [0.29, 0.717) is 5.92 Å². The third kappa shape index (κ3) is 4.83. The fraction of sp³-hybridized carbons (Fsp3) is 0.280. The highest BCUT2D eigenvalue weighted by Gasteiger charge is 2.21. The van der Waals surface area contributed by atoms with E-state index >= 15 is 0 Å². The molecule has 0 saturated carbocycles. The lowest BCUT2D eigenvalue weighted by Gasteiger charge is -2.06. The molecule has 1 N–H and O–H groups in total. The number of amides is 1. The smallest absolute Gasteiger partial charge is 0.246 e. The number of thiophene rings is 1. The number of fused-ring (bicyclic) bond motifs is 1. The maximum atomic E-state index is 12.1. The Hall–Kier alpha value is -2.72. The quantitative estimate of drug-likeness (QED) is 0.579. The Morgan fingerprint density at radius 3 is 2.45 bits per heavy atom. The maximum Gasteiger partial charge on any atom is 0.246 e. The molecule has 148 valence electrons. The van der Waals surface area contributed by atoms with Gasteiger partial charge in [-0.25, -0.2) is 0 Å². The molecule has 0 spiro atoms. The number of carbonyl (C=O) groups excluding carboxylic acids is 1. The normalized spacial score (nSPS) is 13.6. The van der Waals surface area contributed by atoms with Crippen LogP contribution in [0.5, 0.6) is 0 Å². The third-order valence-electron chi connectivity index (χ3n) is 5.05. The van der Waals surface area contributed by atoms with Crippen molar-refractivity contribution >= 4 is 28.0 Å². The van der Waals surface area contributed by atoms with Crippen LogP contribution in [0.1, 0.15) is 41.0 Å². The van der Waals surface area contributed by atoms with Crippen LogP contribution in [0.2, 0.25) is 0 Å². The van der Waals surface area contributed by atoms with Crippen LogP contribution in [0, 0.1) is 5.92 Å². The lowest BCUT2D eigenvalue weighted by atomic mass is 10.00. The van der Waals surface area contributed by atoms with Crippen LogP contribution >= 0.6 is 11.3 Å². The monoisotopic (exact) mass is 402 g/mol. The highest BCUT2D eigenvalue weighted by Crippen LogP contribution is 2.32. The Morgan fingerprint density at radius 1 is 1.00 bits per heavy atom. The number of nitrogens with zero attached hydrogens (tertiary/aromatic N) is 1. The molecule has 1 aliphatic heterocycles. The van der Waals surface area contributed by atoms with Crippen molar-refractivity contribution in [2.45, 2.75) is 33.1 Å². The number of nitrogens with one attached hydrogen (secondary N) is 1. The van der Waals surface area contributed by atoms with Crippen molar-refractivity contribution < 1.29 is 4.79 Å². The van der Waals surface area contributed by atoms with Crippen LogP contribution in [0.3, 0.4) is 0 Å². The van der Waals surface area contributed by atoms with E-state index in [2.05, 4.69) is 66.6 Å². The van der Waals surface area contributed by atoms with Gasteiger partial charge in [-0.2, -0.15) is 0 Å². The molecule has 4 rings (SSSR count). The Morgan fingerprint density at radius 2 is 1.72 bits per heavy atom. The predicted molar refractivity (Wildman–Crippen MR) is 122 cm³/mol. The van der Waals surface area contributed by atoms with Crippen LogP contribution in [0.25, 0.3) is 0 Å². The van der Waals surface area contributed by atoms with E-state index in [1.807, 2.05) is 18.2 Å². The minimum absolute atomic E-state index is 0.0497. The van der Waals surface area contributed by atoms with Crippen molar-refractivity contribution in [2.24, 2.45) is 10.9 Å². The summed E-state index contributed by atoms with van der Waals surface area (Å²) in [6.45, 7) is 4.67. The molecular formula is C25H26N2OS. The van der Waals surface area contributed by atoms with E-state index in [1.54, 1.807) is 11.3 Å². The summed E-state index contributed by atoms with van der Waals surface area (Å²) in [4.78, 5) is 18.0. The zero-order valence-corrected chi connectivity index (χ0v) is 17.8. The van der Waals surface area contributed by atoms with Crippen LogP contribution in [-0.2, 0) is 24.1 Å². The molecule has 0 aliphatic carbocycles. The number of rotatable bonds is 6. The third-order valence-corrected chi connectivity index (χ3v) is 6.16. The molecule has 1 amide bonds. The molecule has 3 aromatic rings. The Labute approximate surface area is 176 Å². The maximum absolute atomic E-state index is 12.1. The largest absolute Gasteiger partial charge is 0.316 e. The number of hydrogen-bond acceptors (Lipinski definition) is 3. The van der Waals surface area contributed by atoms with Crippen molar-refractivity contribution in [3.63, 3.8) is 0 Å². The van der Waals surface area contributed by atoms with Gasteiger partial charge in [0.1, 0.15) is 11.5 Å². The molecule has 0 saturated heterocycles. The summed E-state index contributed by atoms with van der Waals surface area (Å²) in [5, 5.41) is 3.95. The van der Waals surface area contributed by atoms with Gasteiger partial charge in [-0.05, 0) is 42.4 Å². The van der Waals surface area contributed by atoms with Gasteiger partial charge in [-0.1, -0.05) is 68.4 Å². The van der Waals surface area contributed by atoms with Gasteiger partial charge in [-0.15, -0.1) is 11.3 Å². The molecule has 0 radical (unpaired) electrons. The minimum Gasteiger partial charge on any atom is -0.316 e. The molecule has 2 aromatic carbocycles. The standard InChI is InChI=1S/C25H26N2OS/c1-17(2)14-19-10-8-18(9-11-19)12-13-21-15-22-24(20-6-4-3-5-7-20)26-16-23(28)27-25(22)29-21/h3-11,15,17H,12-14,16H2,1-2H3,(H,27,28). The summed E-state index contributed by atoms with van der Waals surface area (Å²) in [5.74, 6) is 0.629. The number of aryl methyl sites for hydroxylation is 2. The van der Waals surface area contributed by atoms with E-state index in [-0.39, 0.29) is 12.5 Å². The summed E-state index contributed by atoms with van der Waals surface area (Å²) < 4.78 is 0. The van der Waals surface area contributed by atoms with Gasteiger partial charge in [0.15, 0.2) is 0 Å². The van der Waals surface area contributed by atoms with Crippen molar-refractivity contribution in [2.75, 3.05) is 11.9 Å². The van der Waals surface area contributed by atoms with Gasteiger partial charge in [0.25, 0.3) is 0 Å². The Balaban J connectivity index is 1.52. The van der Waals surface area contributed by atoms with Gasteiger partial charge < -0.3 is 5.32 Å². The first kappa shape index (κ1) is 19.6. The summed E-state index contributed by atoms with van der Waals surface area (Å²) in [6, 6.07) is 21.3. The van der Waals surface area contributed by atoms with Crippen LogP contribution in [0.15, 0.2) is 65.7 Å². The molecule has 1 aromatic heterocycles. The van der Waals surface area contributed by atoms with E-state index in [4.69, 9.17) is 0 Å². The van der Waals surface area contributed by atoms with E-state index in [9.17, 15) is 4.79 Å². The molecule has 0 unspecified atom stereocenters. The fourth-order valence-corrected chi connectivity index (χ4v) is 4.73. The van der Waals surface area contributed by atoms with Crippen molar-refractivity contribution in [1.82, 2.24) is 0 Å². The number of anilines is 1. The predicted octanol–water partition coefficient (Wildman–Crippen LogP) is 5.52. The van der Waals surface area contributed by atoms with Gasteiger partial charge >= 0.3 is 0 Å². The molecule has 3 nitrogen and oxygen atoms in total. The van der Waals surface area contributed by atoms with Crippen molar-refractivity contribution in [1.29, 1.82) is 0 Å². The number of carbonyl (C=O) groups is 1. The summed E-state index contributed by atoms with van der Waals surface area (Å²) in [7, 11) is 0. The van der Waals surface area contributed by atoms with Gasteiger partial charge in [0.05, 0.1) is 5.71 Å². The average Bonchev–Trinajstić information content (AvgIpc) is 3.03. The second-order valence-electron chi connectivity index (χ2n) is 7.95. The highest BCUT2D eigenvalue weighted by molar-refractivity contribution is 7.16. The first-order valence-electron chi connectivity index (χ1n) is 10.2. The topological polar surface area (TPSA) is 41.5 Å². The Kier molecular flexibility index (Phi) is 5.91. The highest BCUT2D eigenvalue weighted by atomic mass is 32.1. The number of benzene rings is 2. The SMILES string of the molecule is CC(C)Cc1ccc(CCc2cc3c(s2)NC(=O)CN=C3c2ccccc2)cc1. The molecule has 0 fully saturated rings. The Bertz CT molecular complexity index is 1020. The first-order valence-corrected chi connectivity index (χ1v) is 11.0. The van der Waals surface area contributed by atoms with E-state index in [1.165, 1.54) is 16.0 Å².